The first-order valence-electron chi connectivity index (χ1n) is 8.56. The number of hydrogen-bond acceptors (Lipinski definition) is 5. The van der Waals surface area contributed by atoms with E-state index >= 15 is 0 Å². The highest BCUT2D eigenvalue weighted by Gasteiger charge is 2.32. The predicted molar refractivity (Wildman–Crippen MR) is 89.4 cm³/mol. The number of anilines is 1. The molecule has 2 aromatic rings. The van der Waals surface area contributed by atoms with Crippen molar-refractivity contribution in [1.82, 2.24) is 24.6 Å². The number of aromatic nitrogens is 4. The quantitative estimate of drug-likeness (QED) is 0.831. The highest BCUT2D eigenvalue weighted by Crippen LogP contribution is 2.24. The predicted octanol–water partition coefficient (Wildman–Crippen LogP) is 1.24. The van der Waals surface area contributed by atoms with Crippen LogP contribution in [0.1, 0.15) is 24.5 Å². The lowest BCUT2D eigenvalue weighted by Crippen LogP contribution is -2.47. The Hall–Kier alpha value is -2.44. The standard InChI is InChI=1S/C17H22N6O/c1-13-19-20-16-12-22(9-10-23(13)16)17(24)14-5-4-8-21(11-14)15-6-2-3-7-18-15/h2-3,6-7,14H,4-5,8-12H2,1H3/t14-/m1/s1. The average Bonchev–Trinajstić information content (AvgIpc) is 3.02. The van der Waals surface area contributed by atoms with Crippen molar-refractivity contribution in [2.24, 2.45) is 5.92 Å². The number of carbonyl (C=O) groups excluding carboxylic acids is 1. The molecule has 0 aliphatic carbocycles. The van der Waals surface area contributed by atoms with Crippen LogP contribution >= 0.6 is 0 Å². The van der Waals surface area contributed by atoms with Crippen molar-refractivity contribution in [3.05, 3.63) is 36.0 Å². The van der Waals surface area contributed by atoms with E-state index in [1.807, 2.05) is 30.0 Å². The van der Waals surface area contributed by atoms with Gasteiger partial charge in [-0.25, -0.2) is 4.98 Å². The van der Waals surface area contributed by atoms with E-state index < -0.39 is 0 Å². The first-order valence-corrected chi connectivity index (χ1v) is 8.56. The van der Waals surface area contributed by atoms with E-state index in [9.17, 15) is 4.79 Å². The molecular weight excluding hydrogens is 304 g/mol. The van der Waals surface area contributed by atoms with Crippen LogP contribution in [-0.4, -0.2) is 50.2 Å². The third kappa shape index (κ3) is 2.74. The van der Waals surface area contributed by atoms with Crippen molar-refractivity contribution in [2.75, 3.05) is 24.5 Å². The molecule has 1 amide bonds. The van der Waals surface area contributed by atoms with Crippen LogP contribution < -0.4 is 4.90 Å². The summed E-state index contributed by atoms with van der Waals surface area (Å²) in [6.45, 7) is 5.77. The minimum Gasteiger partial charge on any atom is -0.356 e. The third-order valence-electron chi connectivity index (χ3n) is 4.99. The highest BCUT2D eigenvalue weighted by atomic mass is 16.2. The number of hydrogen-bond donors (Lipinski definition) is 0. The lowest BCUT2D eigenvalue weighted by molar-refractivity contribution is -0.137. The molecule has 1 fully saturated rings. The van der Waals surface area contributed by atoms with Crippen molar-refractivity contribution in [3.8, 4) is 0 Å². The van der Waals surface area contributed by atoms with Gasteiger partial charge >= 0.3 is 0 Å². The molecule has 1 saturated heterocycles. The Labute approximate surface area is 141 Å². The molecule has 2 aliphatic rings. The second kappa shape index (κ2) is 6.22. The number of amides is 1. The van der Waals surface area contributed by atoms with Crippen LogP contribution in [0.3, 0.4) is 0 Å². The van der Waals surface area contributed by atoms with E-state index in [-0.39, 0.29) is 11.8 Å². The summed E-state index contributed by atoms with van der Waals surface area (Å²) in [6.07, 6.45) is 3.78. The summed E-state index contributed by atoms with van der Waals surface area (Å²) < 4.78 is 2.10. The number of carbonyl (C=O) groups is 1. The van der Waals surface area contributed by atoms with Gasteiger partial charge in [-0.15, -0.1) is 10.2 Å². The van der Waals surface area contributed by atoms with Crippen molar-refractivity contribution in [1.29, 1.82) is 0 Å². The van der Waals surface area contributed by atoms with Crippen LogP contribution in [0.4, 0.5) is 5.82 Å². The summed E-state index contributed by atoms with van der Waals surface area (Å²) >= 11 is 0. The minimum absolute atomic E-state index is 0.0383. The van der Waals surface area contributed by atoms with Gasteiger partial charge in [0.2, 0.25) is 5.91 Å². The fraction of sp³-hybridized carbons (Fsp3) is 0.529. The van der Waals surface area contributed by atoms with Crippen LogP contribution in [-0.2, 0) is 17.9 Å². The fourth-order valence-electron chi connectivity index (χ4n) is 3.68. The Balaban J connectivity index is 1.45. The lowest BCUT2D eigenvalue weighted by Gasteiger charge is -2.36. The van der Waals surface area contributed by atoms with Crippen LogP contribution in [0.5, 0.6) is 0 Å². The number of aryl methyl sites for hydroxylation is 1. The summed E-state index contributed by atoms with van der Waals surface area (Å²) in [6, 6.07) is 5.93. The zero-order valence-corrected chi connectivity index (χ0v) is 13.9. The van der Waals surface area contributed by atoms with E-state index in [1.54, 1.807) is 6.20 Å². The summed E-state index contributed by atoms with van der Waals surface area (Å²) in [7, 11) is 0. The average molecular weight is 326 g/mol. The number of piperidine rings is 1. The lowest BCUT2D eigenvalue weighted by atomic mass is 9.96. The zero-order valence-electron chi connectivity index (χ0n) is 13.9. The van der Waals surface area contributed by atoms with E-state index in [1.165, 1.54) is 0 Å². The van der Waals surface area contributed by atoms with Crippen LogP contribution in [0.25, 0.3) is 0 Å². The normalized spacial score (nSPS) is 20.8. The van der Waals surface area contributed by atoms with Crippen molar-refractivity contribution in [2.45, 2.75) is 32.9 Å². The highest BCUT2D eigenvalue weighted by molar-refractivity contribution is 5.79. The van der Waals surface area contributed by atoms with E-state index in [0.29, 0.717) is 6.54 Å². The van der Waals surface area contributed by atoms with Gasteiger partial charge in [0, 0.05) is 32.4 Å². The maximum atomic E-state index is 13.0. The van der Waals surface area contributed by atoms with Gasteiger partial charge in [0.05, 0.1) is 12.5 Å². The Kier molecular flexibility index (Phi) is 3.92. The second-order valence-electron chi connectivity index (χ2n) is 6.55. The Morgan fingerprint density at radius 3 is 2.96 bits per heavy atom. The molecule has 2 aliphatic heterocycles. The van der Waals surface area contributed by atoms with Gasteiger partial charge in [0.1, 0.15) is 11.6 Å². The van der Waals surface area contributed by atoms with E-state index in [2.05, 4.69) is 24.6 Å². The number of fused-ring (bicyclic) bond motifs is 1. The summed E-state index contributed by atoms with van der Waals surface area (Å²) in [4.78, 5) is 21.6. The van der Waals surface area contributed by atoms with Crippen molar-refractivity contribution < 1.29 is 4.79 Å². The largest absolute Gasteiger partial charge is 0.356 e. The van der Waals surface area contributed by atoms with Gasteiger partial charge in [0.25, 0.3) is 0 Å². The molecule has 4 heterocycles. The van der Waals surface area contributed by atoms with Crippen LogP contribution in [0, 0.1) is 12.8 Å². The number of pyridine rings is 1. The number of nitrogens with zero attached hydrogens (tertiary/aromatic N) is 6. The first kappa shape index (κ1) is 15.1. The molecule has 0 saturated carbocycles. The minimum atomic E-state index is 0.0383. The molecule has 7 nitrogen and oxygen atoms in total. The monoisotopic (exact) mass is 326 g/mol. The van der Waals surface area contributed by atoms with E-state index in [4.69, 9.17) is 0 Å². The van der Waals surface area contributed by atoms with E-state index in [0.717, 1.165) is 56.5 Å². The SMILES string of the molecule is Cc1nnc2n1CCN(C(=O)[C@@H]1CCCN(c3ccccn3)C1)C2. The molecule has 0 radical (unpaired) electrons. The molecule has 0 aromatic carbocycles. The molecule has 0 bridgehead atoms. The summed E-state index contributed by atoms with van der Waals surface area (Å²) in [5.41, 5.74) is 0. The van der Waals surface area contributed by atoms with Gasteiger partial charge in [-0.05, 0) is 31.9 Å². The van der Waals surface area contributed by atoms with Crippen molar-refractivity contribution in [3.63, 3.8) is 0 Å². The second-order valence-corrected chi connectivity index (χ2v) is 6.55. The Morgan fingerprint density at radius 1 is 1.21 bits per heavy atom. The molecule has 2 aromatic heterocycles. The maximum absolute atomic E-state index is 13.0. The Bertz CT molecular complexity index is 728. The molecular formula is C17H22N6O. The molecule has 0 spiro atoms. The smallest absolute Gasteiger partial charge is 0.227 e. The molecule has 126 valence electrons. The van der Waals surface area contributed by atoms with Gasteiger partial charge in [-0.2, -0.15) is 0 Å². The Morgan fingerprint density at radius 2 is 2.12 bits per heavy atom. The van der Waals surface area contributed by atoms with Gasteiger partial charge < -0.3 is 14.4 Å². The van der Waals surface area contributed by atoms with Crippen molar-refractivity contribution >= 4 is 11.7 Å². The van der Waals surface area contributed by atoms with Crippen LogP contribution in [0.15, 0.2) is 24.4 Å². The first-order chi connectivity index (χ1) is 11.7. The maximum Gasteiger partial charge on any atom is 0.227 e. The van der Waals surface area contributed by atoms with Gasteiger partial charge in [-0.1, -0.05) is 6.07 Å². The molecule has 1 atom stereocenters. The summed E-state index contributed by atoms with van der Waals surface area (Å²) in [5, 5.41) is 8.31. The molecule has 24 heavy (non-hydrogen) atoms. The van der Waals surface area contributed by atoms with Crippen LogP contribution in [0.2, 0.25) is 0 Å². The van der Waals surface area contributed by atoms with Gasteiger partial charge in [0.15, 0.2) is 5.82 Å². The fourth-order valence-corrected chi connectivity index (χ4v) is 3.68. The third-order valence-corrected chi connectivity index (χ3v) is 4.99. The topological polar surface area (TPSA) is 67.2 Å². The molecule has 0 N–H and O–H groups in total. The summed E-state index contributed by atoms with van der Waals surface area (Å²) in [5.74, 6) is 3.06. The molecule has 4 rings (SSSR count). The molecule has 0 unspecified atom stereocenters. The molecule has 7 heteroatoms. The van der Waals surface area contributed by atoms with Gasteiger partial charge in [-0.3, -0.25) is 4.79 Å². The zero-order chi connectivity index (χ0) is 16.5. The number of rotatable bonds is 2.